The molecule has 0 aromatic heterocycles. The Morgan fingerprint density at radius 2 is 0.818 bits per heavy atom. The number of nitrogens with zero attached hydrogens (tertiary/aromatic N) is 2. The quantitative estimate of drug-likeness (QED) is 0.526. The fourth-order valence-electron chi connectivity index (χ4n) is 2.18. The molecule has 3 rings (SSSR count). The Kier molecular flexibility index (Phi) is 5.70. The molecular formula is C18H16N2O2. The van der Waals surface area contributed by atoms with E-state index in [1.54, 1.807) is 0 Å². The molecule has 3 aromatic carbocycles. The zero-order valence-corrected chi connectivity index (χ0v) is 11.9. The summed E-state index contributed by atoms with van der Waals surface area (Å²) in [5.41, 5.74) is 3.50. The summed E-state index contributed by atoms with van der Waals surface area (Å²) in [4.78, 5) is 10.4. The molecule has 0 fully saturated rings. The first-order valence-corrected chi connectivity index (χ1v) is 6.79. The smallest absolute Gasteiger partial charge is 0.152 e. The lowest BCUT2D eigenvalue weighted by Gasteiger charge is -2.25. The molecule has 0 saturated carbocycles. The molecule has 0 radical (unpaired) electrons. The van der Waals surface area contributed by atoms with Gasteiger partial charge in [-0.25, -0.2) is 0 Å². The standard InChI is InChI=1S/C18H15N.HNO2/c1-4-10-16(11-5-1)19(17-12-6-2-7-13-17)18-14-8-3-9-15-18;2-1-3/h1-15H;(H,2,3). The molecule has 0 amide bonds. The molecule has 22 heavy (non-hydrogen) atoms. The molecule has 0 atom stereocenters. The van der Waals surface area contributed by atoms with E-state index in [1.807, 2.05) is 18.2 Å². The highest BCUT2D eigenvalue weighted by Gasteiger charge is 2.10. The van der Waals surface area contributed by atoms with Gasteiger partial charge in [0.1, 0.15) is 0 Å². The fraction of sp³-hybridized carbons (Fsp3) is 0. The fourth-order valence-corrected chi connectivity index (χ4v) is 2.18. The minimum absolute atomic E-state index is 1.17. The van der Waals surface area contributed by atoms with Gasteiger partial charge in [0, 0.05) is 17.1 Å². The first kappa shape index (κ1) is 15.3. The molecule has 110 valence electrons. The Morgan fingerprint density at radius 1 is 0.591 bits per heavy atom. The van der Waals surface area contributed by atoms with Crippen molar-refractivity contribution in [3.8, 4) is 0 Å². The third-order valence-electron chi connectivity index (χ3n) is 3.04. The Balaban J connectivity index is 0.000000545. The molecule has 0 unspecified atom stereocenters. The van der Waals surface area contributed by atoms with Gasteiger partial charge in [-0.05, 0) is 36.4 Å². The van der Waals surface area contributed by atoms with Gasteiger partial charge in [0.15, 0.2) is 5.34 Å². The third-order valence-corrected chi connectivity index (χ3v) is 3.04. The van der Waals surface area contributed by atoms with E-state index in [0.717, 1.165) is 0 Å². The topological polar surface area (TPSA) is 52.9 Å². The van der Waals surface area contributed by atoms with E-state index in [1.165, 1.54) is 22.4 Å². The van der Waals surface area contributed by atoms with Gasteiger partial charge in [-0.2, -0.15) is 0 Å². The number of anilines is 3. The maximum Gasteiger partial charge on any atom is 0.152 e. The van der Waals surface area contributed by atoms with Crippen molar-refractivity contribution >= 4 is 17.1 Å². The van der Waals surface area contributed by atoms with Gasteiger partial charge in [0.25, 0.3) is 0 Å². The average Bonchev–Trinajstić information content (AvgIpc) is 2.59. The van der Waals surface area contributed by atoms with E-state index in [9.17, 15) is 0 Å². The Bertz CT molecular complexity index is 579. The lowest BCUT2D eigenvalue weighted by Crippen LogP contribution is -2.09. The zero-order valence-electron chi connectivity index (χ0n) is 11.9. The second-order valence-corrected chi connectivity index (χ2v) is 4.42. The lowest BCUT2D eigenvalue weighted by atomic mass is 10.2. The summed E-state index contributed by atoms with van der Waals surface area (Å²) in [7, 11) is 0. The predicted octanol–water partition coefficient (Wildman–Crippen LogP) is 5.30. The number of benzene rings is 3. The van der Waals surface area contributed by atoms with E-state index in [4.69, 9.17) is 10.1 Å². The van der Waals surface area contributed by atoms with Crippen LogP contribution in [0.15, 0.2) is 96.3 Å². The number of para-hydroxylation sites is 3. The van der Waals surface area contributed by atoms with Gasteiger partial charge < -0.3 is 10.1 Å². The molecule has 3 aromatic rings. The predicted molar refractivity (Wildman–Crippen MR) is 88.7 cm³/mol. The molecular weight excluding hydrogens is 276 g/mol. The molecule has 0 heterocycles. The van der Waals surface area contributed by atoms with Crippen molar-refractivity contribution in [3.63, 3.8) is 0 Å². The molecule has 4 nitrogen and oxygen atoms in total. The Hall–Kier alpha value is -3.14. The van der Waals surface area contributed by atoms with Gasteiger partial charge in [0.05, 0.1) is 0 Å². The van der Waals surface area contributed by atoms with Crippen molar-refractivity contribution in [3.05, 3.63) is 95.9 Å². The van der Waals surface area contributed by atoms with Crippen LogP contribution in [0, 0.1) is 4.91 Å². The maximum atomic E-state index is 8.11. The van der Waals surface area contributed by atoms with E-state index >= 15 is 0 Å². The van der Waals surface area contributed by atoms with Crippen LogP contribution in [-0.4, -0.2) is 5.21 Å². The van der Waals surface area contributed by atoms with Crippen LogP contribution in [0.1, 0.15) is 0 Å². The largest absolute Gasteiger partial charge is 0.379 e. The van der Waals surface area contributed by atoms with Crippen LogP contribution >= 0.6 is 0 Å². The summed E-state index contributed by atoms with van der Waals surface area (Å²) < 4.78 is 0. The van der Waals surface area contributed by atoms with Crippen LogP contribution in [0.25, 0.3) is 0 Å². The minimum atomic E-state index is 1.17. The van der Waals surface area contributed by atoms with Crippen LogP contribution in [0.2, 0.25) is 0 Å². The Labute approximate surface area is 129 Å². The van der Waals surface area contributed by atoms with Gasteiger partial charge in [0.2, 0.25) is 0 Å². The monoisotopic (exact) mass is 292 g/mol. The van der Waals surface area contributed by atoms with E-state index in [0.29, 0.717) is 0 Å². The van der Waals surface area contributed by atoms with Gasteiger partial charge in [-0.1, -0.05) is 54.6 Å². The number of hydrogen-bond acceptors (Lipinski definition) is 3. The summed E-state index contributed by atoms with van der Waals surface area (Å²) in [5.74, 6) is 0. The molecule has 0 bridgehead atoms. The first-order valence-electron chi connectivity index (χ1n) is 6.79. The molecule has 0 saturated heterocycles. The highest BCUT2D eigenvalue weighted by Crippen LogP contribution is 2.33. The highest BCUT2D eigenvalue weighted by molar-refractivity contribution is 5.76. The van der Waals surface area contributed by atoms with Crippen LogP contribution in [0.5, 0.6) is 0 Å². The summed E-state index contributed by atoms with van der Waals surface area (Å²) in [6.07, 6.45) is 0. The Morgan fingerprint density at radius 3 is 1.05 bits per heavy atom. The number of rotatable bonds is 3. The van der Waals surface area contributed by atoms with Crippen LogP contribution in [0.4, 0.5) is 17.1 Å². The normalized spacial score (nSPS) is 9.27. The van der Waals surface area contributed by atoms with Crippen molar-refractivity contribution in [2.45, 2.75) is 0 Å². The summed E-state index contributed by atoms with van der Waals surface area (Å²) in [6, 6.07) is 31.3. The molecule has 0 aliphatic rings. The van der Waals surface area contributed by atoms with E-state index < -0.39 is 0 Å². The summed E-state index contributed by atoms with van der Waals surface area (Å²) >= 11 is 0. The molecule has 0 aliphatic carbocycles. The second-order valence-electron chi connectivity index (χ2n) is 4.42. The SMILES string of the molecule is O=NO.c1ccc(N(c2ccccc2)c2ccccc2)cc1. The molecule has 1 N–H and O–H groups in total. The van der Waals surface area contributed by atoms with Crippen LogP contribution in [-0.2, 0) is 0 Å². The molecule has 4 heteroatoms. The van der Waals surface area contributed by atoms with Crippen molar-refractivity contribution in [2.24, 2.45) is 5.34 Å². The molecule has 0 spiro atoms. The van der Waals surface area contributed by atoms with Crippen molar-refractivity contribution in [1.29, 1.82) is 0 Å². The van der Waals surface area contributed by atoms with Crippen molar-refractivity contribution in [1.82, 2.24) is 0 Å². The summed E-state index contributed by atoms with van der Waals surface area (Å²) in [6.45, 7) is 0. The zero-order chi connectivity index (χ0) is 15.6. The number of hydrogen-bond donors (Lipinski definition) is 1. The van der Waals surface area contributed by atoms with Crippen LogP contribution in [0.3, 0.4) is 0 Å². The van der Waals surface area contributed by atoms with Crippen molar-refractivity contribution < 1.29 is 5.21 Å². The first-order chi connectivity index (χ1) is 10.9. The van der Waals surface area contributed by atoms with E-state index in [-0.39, 0.29) is 0 Å². The van der Waals surface area contributed by atoms with Crippen molar-refractivity contribution in [2.75, 3.05) is 4.90 Å². The third kappa shape index (κ3) is 3.93. The second kappa shape index (κ2) is 8.21. The van der Waals surface area contributed by atoms with Crippen LogP contribution < -0.4 is 4.90 Å². The summed E-state index contributed by atoms with van der Waals surface area (Å²) in [5, 5.41) is 7.89. The maximum absolute atomic E-state index is 8.11. The molecule has 0 aliphatic heterocycles. The van der Waals surface area contributed by atoms with Gasteiger partial charge >= 0.3 is 0 Å². The van der Waals surface area contributed by atoms with Gasteiger partial charge in [-0.15, -0.1) is 4.91 Å². The van der Waals surface area contributed by atoms with E-state index in [2.05, 4.69) is 77.7 Å². The van der Waals surface area contributed by atoms with Gasteiger partial charge in [-0.3, -0.25) is 0 Å². The highest BCUT2D eigenvalue weighted by atomic mass is 16.6. The lowest BCUT2D eigenvalue weighted by molar-refractivity contribution is 0.312. The minimum Gasteiger partial charge on any atom is -0.379 e. The average molecular weight is 292 g/mol.